The summed E-state index contributed by atoms with van der Waals surface area (Å²) in [6, 6.07) is 2.78. The molecule has 0 aromatic carbocycles. The molecule has 78 valence electrons. The number of anilines is 1. The van der Waals surface area contributed by atoms with E-state index >= 15 is 0 Å². The predicted molar refractivity (Wildman–Crippen MR) is 66.5 cm³/mol. The van der Waals surface area contributed by atoms with E-state index in [1.807, 2.05) is 0 Å². The van der Waals surface area contributed by atoms with E-state index in [1.54, 1.807) is 17.5 Å². The Morgan fingerprint density at radius 1 is 1.53 bits per heavy atom. The van der Waals surface area contributed by atoms with Crippen LogP contribution in [-0.4, -0.2) is 23.1 Å². The van der Waals surface area contributed by atoms with Crippen LogP contribution in [0, 0.1) is 0 Å². The van der Waals surface area contributed by atoms with Crippen molar-refractivity contribution in [2.24, 2.45) is 0 Å². The van der Waals surface area contributed by atoms with Crippen LogP contribution in [0.2, 0.25) is 0 Å². The Bertz CT molecular complexity index is 506. The first kappa shape index (κ1) is 9.54. The smallest absolute Gasteiger partial charge is 0.188 e. The van der Waals surface area contributed by atoms with Gasteiger partial charge < -0.3 is 4.90 Å². The normalized spacial score (nSPS) is 15.9. The summed E-state index contributed by atoms with van der Waals surface area (Å²) in [5.74, 6) is 0. The summed E-state index contributed by atoms with van der Waals surface area (Å²) in [5, 5.41) is 1.08. The van der Waals surface area contributed by atoms with Crippen LogP contribution < -0.4 is 4.90 Å². The quantitative estimate of drug-likeness (QED) is 0.848. The van der Waals surface area contributed by atoms with Gasteiger partial charge in [-0.15, -0.1) is 0 Å². The maximum atomic E-state index is 4.53. The number of pyridine rings is 1. The number of hydrogen-bond donors (Lipinski definition) is 0. The van der Waals surface area contributed by atoms with Crippen molar-refractivity contribution in [2.45, 2.75) is 18.9 Å². The lowest BCUT2D eigenvalue weighted by atomic mass is 10.5. The van der Waals surface area contributed by atoms with E-state index in [1.165, 1.54) is 12.8 Å². The van der Waals surface area contributed by atoms with Crippen molar-refractivity contribution in [3.63, 3.8) is 0 Å². The standard InChI is InChI=1S/C10H10BrN3S/c1-14(7-2-3-7)10-13-9-8(15-10)4-6(11)5-12-9/h4-5,7H,2-3H2,1H3. The highest BCUT2D eigenvalue weighted by Gasteiger charge is 2.28. The molecule has 0 aliphatic heterocycles. The summed E-state index contributed by atoms with van der Waals surface area (Å²) in [7, 11) is 2.12. The van der Waals surface area contributed by atoms with Crippen molar-refractivity contribution in [2.75, 3.05) is 11.9 Å². The highest BCUT2D eigenvalue weighted by molar-refractivity contribution is 9.10. The first-order valence-corrected chi connectivity index (χ1v) is 6.50. The maximum absolute atomic E-state index is 4.53. The SMILES string of the molecule is CN(c1nc2ncc(Br)cc2s1)C1CC1. The van der Waals surface area contributed by atoms with Gasteiger partial charge in [-0.1, -0.05) is 11.3 Å². The molecular formula is C10H10BrN3S. The number of nitrogens with zero attached hydrogens (tertiary/aromatic N) is 3. The highest BCUT2D eigenvalue weighted by atomic mass is 79.9. The fraction of sp³-hybridized carbons (Fsp3) is 0.400. The average molecular weight is 284 g/mol. The molecule has 0 spiro atoms. The molecule has 0 unspecified atom stereocenters. The van der Waals surface area contributed by atoms with E-state index in [0.29, 0.717) is 6.04 Å². The van der Waals surface area contributed by atoms with Gasteiger partial charge in [0.1, 0.15) is 0 Å². The van der Waals surface area contributed by atoms with Crippen molar-refractivity contribution >= 4 is 42.7 Å². The molecule has 1 fully saturated rings. The third-order valence-electron chi connectivity index (χ3n) is 2.60. The van der Waals surface area contributed by atoms with Gasteiger partial charge >= 0.3 is 0 Å². The molecule has 2 aromatic heterocycles. The zero-order valence-corrected chi connectivity index (χ0v) is 10.7. The molecule has 1 aliphatic rings. The Morgan fingerprint density at radius 3 is 3.07 bits per heavy atom. The molecule has 1 aliphatic carbocycles. The molecule has 1 saturated carbocycles. The van der Waals surface area contributed by atoms with E-state index in [9.17, 15) is 0 Å². The summed E-state index contributed by atoms with van der Waals surface area (Å²) >= 11 is 5.13. The number of halogens is 1. The van der Waals surface area contributed by atoms with E-state index in [-0.39, 0.29) is 0 Å². The Morgan fingerprint density at radius 2 is 2.33 bits per heavy atom. The largest absolute Gasteiger partial charge is 0.348 e. The van der Waals surface area contributed by atoms with Crippen LogP contribution in [0.15, 0.2) is 16.7 Å². The highest BCUT2D eigenvalue weighted by Crippen LogP contribution is 2.35. The third kappa shape index (κ3) is 1.74. The zero-order chi connectivity index (χ0) is 10.4. The average Bonchev–Trinajstić information content (AvgIpc) is 2.97. The number of thiazole rings is 1. The number of hydrogen-bond acceptors (Lipinski definition) is 4. The predicted octanol–water partition coefficient (Wildman–Crippen LogP) is 3.05. The fourth-order valence-electron chi connectivity index (χ4n) is 1.55. The molecule has 3 rings (SSSR count). The Labute approximate surface area is 100 Å². The van der Waals surface area contributed by atoms with Crippen molar-refractivity contribution in [1.29, 1.82) is 0 Å². The minimum Gasteiger partial charge on any atom is -0.348 e. The minimum absolute atomic E-state index is 0.703. The lowest BCUT2D eigenvalue weighted by Gasteiger charge is -2.13. The van der Waals surface area contributed by atoms with Gasteiger partial charge in [-0.3, -0.25) is 0 Å². The van der Waals surface area contributed by atoms with Gasteiger partial charge in [-0.25, -0.2) is 4.98 Å². The summed E-state index contributed by atoms with van der Waals surface area (Å²) in [5.41, 5.74) is 0.853. The second kappa shape index (κ2) is 3.42. The Hall–Kier alpha value is -0.680. The van der Waals surface area contributed by atoms with Gasteiger partial charge in [0, 0.05) is 23.8 Å². The van der Waals surface area contributed by atoms with Crippen LogP contribution in [0.3, 0.4) is 0 Å². The molecule has 15 heavy (non-hydrogen) atoms. The topological polar surface area (TPSA) is 29.0 Å². The summed E-state index contributed by atoms with van der Waals surface area (Å²) in [6.07, 6.45) is 4.38. The first-order valence-electron chi connectivity index (χ1n) is 4.89. The number of rotatable bonds is 2. The molecule has 3 nitrogen and oxygen atoms in total. The molecule has 2 heterocycles. The van der Waals surface area contributed by atoms with Gasteiger partial charge in [0.2, 0.25) is 0 Å². The van der Waals surface area contributed by atoms with Gasteiger partial charge in [0.05, 0.1) is 4.70 Å². The van der Waals surface area contributed by atoms with Crippen LogP contribution in [0.1, 0.15) is 12.8 Å². The second-order valence-electron chi connectivity index (χ2n) is 3.81. The van der Waals surface area contributed by atoms with Gasteiger partial charge in [-0.05, 0) is 34.8 Å². The van der Waals surface area contributed by atoms with Gasteiger partial charge in [0.15, 0.2) is 10.8 Å². The molecule has 0 radical (unpaired) electrons. The van der Waals surface area contributed by atoms with E-state index in [0.717, 1.165) is 20.0 Å². The summed E-state index contributed by atoms with van der Waals surface area (Å²) in [6.45, 7) is 0. The van der Waals surface area contributed by atoms with Crippen molar-refractivity contribution < 1.29 is 0 Å². The number of aromatic nitrogens is 2. The number of fused-ring (bicyclic) bond motifs is 1. The van der Waals surface area contributed by atoms with Crippen LogP contribution >= 0.6 is 27.3 Å². The van der Waals surface area contributed by atoms with E-state index in [4.69, 9.17) is 0 Å². The van der Waals surface area contributed by atoms with Crippen LogP contribution in [-0.2, 0) is 0 Å². The lowest BCUT2D eigenvalue weighted by Crippen LogP contribution is -2.18. The van der Waals surface area contributed by atoms with Gasteiger partial charge in [0.25, 0.3) is 0 Å². The molecule has 0 amide bonds. The molecule has 2 aromatic rings. The minimum atomic E-state index is 0.703. The molecule has 0 saturated heterocycles. The first-order chi connectivity index (χ1) is 7.24. The van der Waals surface area contributed by atoms with Crippen molar-refractivity contribution in [1.82, 2.24) is 9.97 Å². The fourth-order valence-corrected chi connectivity index (χ4v) is 3.03. The Balaban J connectivity index is 2.05. The second-order valence-corrected chi connectivity index (χ2v) is 5.74. The summed E-state index contributed by atoms with van der Waals surface area (Å²) < 4.78 is 2.16. The molecule has 0 atom stereocenters. The van der Waals surface area contributed by atoms with Crippen molar-refractivity contribution in [3.05, 3.63) is 16.7 Å². The van der Waals surface area contributed by atoms with Gasteiger partial charge in [-0.2, -0.15) is 4.98 Å². The molecule has 5 heteroatoms. The van der Waals surface area contributed by atoms with E-state index in [2.05, 4.69) is 43.9 Å². The Kier molecular flexibility index (Phi) is 2.17. The summed E-state index contributed by atoms with van der Waals surface area (Å²) in [4.78, 5) is 11.1. The third-order valence-corrected chi connectivity index (χ3v) is 4.11. The molecule has 0 bridgehead atoms. The van der Waals surface area contributed by atoms with E-state index < -0.39 is 0 Å². The lowest BCUT2D eigenvalue weighted by molar-refractivity contribution is 0.910. The van der Waals surface area contributed by atoms with Crippen LogP contribution in [0.5, 0.6) is 0 Å². The monoisotopic (exact) mass is 283 g/mol. The molecular weight excluding hydrogens is 274 g/mol. The molecule has 0 N–H and O–H groups in total. The van der Waals surface area contributed by atoms with Crippen LogP contribution in [0.4, 0.5) is 5.13 Å². The zero-order valence-electron chi connectivity index (χ0n) is 8.27. The van der Waals surface area contributed by atoms with Crippen molar-refractivity contribution in [3.8, 4) is 0 Å². The van der Waals surface area contributed by atoms with Crippen LogP contribution in [0.25, 0.3) is 10.3 Å². The maximum Gasteiger partial charge on any atom is 0.188 e.